The van der Waals surface area contributed by atoms with Gasteiger partial charge >= 0.3 is 5.97 Å². The highest BCUT2D eigenvalue weighted by molar-refractivity contribution is 6.30. The van der Waals surface area contributed by atoms with E-state index in [1.807, 2.05) is 12.1 Å². The van der Waals surface area contributed by atoms with Gasteiger partial charge in [-0.3, -0.25) is 4.79 Å². The lowest BCUT2D eigenvalue weighted by molar-refractivity contribution is -0.145. The molecule has 0 saturated carbocycles. The van der Waals surface area contributed by atoms with Crippen LogP contribution in [0.4, 0.5) is 5.69 Å². The number of ether oxygens (including phenoxy) is 4. The number of esters is 1. The Morgan fingerprint density at radius 2 is 2.03 bits per heavy atom. The van der Waals surface area contributed by atoms with Gasteiger partial charge in [0.1, 0.15) is 18.0 Å². The van der Waals surface area contributed by atoms with Crippen LogP contribution in [-0.4, -0.2) is 38.7 Å². The molecule has 2 atom stereocenters. The molecule has 0 aromatic heterocycles. The number of amidine groups is 1. The number of rotatable bonds is 6. The molecule has 0 spiro atoms. The molecule has 1 aliphatic heterocycles. The highest BCUT2D eigenvalue weighted by Gasteiger charge is 2.33. The fourth-order valence-corrected chi connectivity index (χ4v) is 3.52. The molecule has 0 fully saturated rings. The molecule has 0 saturated heterocycles. The molecule has 0 bridgehead atoms. The Kier molecular flexibility index (Phi) is 7.15. The summed E-state index contributed by atoms with van der Waals surface area (Å²) in [7, 11) is 3.11. The van der Waals surface area contributed by atoms with Crippen molar-refractivity contribution >= 4 is 29.1 Å². The topological polar surface area (TPSA) is 104 Å². The summed E-state index contributed by atoms with van der Waals surface area (Å²) in [6, 6.07) is 10.7. The third-order valence-corrected chi connectivity index (χ3v) is 4.87. The molecule has 0 radical (unpaired) electrons. The van der Waals surface area contributed by atoms with Crippen molar-refractivity contribution in [3.63, 3.8) is 0 Å². The maximum atomic E-state index is 12.2. The lowest BCUT2D eigenvalue weighted by Crippen LogP contribution is -2.42. The maximum absolute atomic E-state index is 12.2. The molecule has 1 aliphatic rings. The summed E-state index contributed by atoms with van der Waals surface area (Å²) in [5.41, 5.74) is 4.55. The van der Waals surface area contributed by atoms with Crippen molar-refractivity contribution in [3.05, 3.63) is 52.5 Å². The zero-order valence-electron chi connectivity index (χ0n) is 17.0. The predicted octanol–water partition coefficient (Wildman–Crippen LogP) is 3.29. The van der Waals surface area contributed by atoms with Gasteiger partial charge in [0, 0.05) is 16.1 Å². The molecular weight excluding hydrogens is 410 g/mol. The molecule has 3 N–H and O–H groups in total. The van der Waals surface area contributed by atoms with Gasteiger partial charge in [0.15, 0.2) is 11.5 Å². The molecule has 9 heteroatoms. The molecular formula is C21H24ClN3O5. The number of hydrazine groups is 1. The van der Waals surface area contributed by atoms with Gasteiger partial charge in [0.25, 0.3) is 0 Å². The third kappa shape index (κ3) is 4.51. The smallest absolute Gasteiger partial charge is 0.308 e. The largest absolute Gasteiger partial charge is 0.493 e. The molecule has 0 amide bonds. The first-order valence-electron chi connectivity index (χ1n) is 9.38. The van der Waals surface area contributed by atoms with E-state index in [2.05, 4.69) is 10.4 Å². The van der Waals surface area contributed by atoms with Gasteiger partial charge in [-0.15, -0.1) is 0 Å². The first kappa shape index (κ1) is 21.9. The standard InChI is InChI=1S/C21H24ClN3O5/c1-4-29-18(26)11-17-21(25-23)24-15-9-8-12(22)10-14(15)19(30-17)13-6-5-7-16(27-2)20(13)28-3/h5-10,17,19H,4,11,23H2,1-3H3,(H,24,25)/t17-,19-/m0/s1. The van der Waals surface area contributed by atoms with Crippen LogP contribution in [0.2, 0.25) is 5.02 Å². The zero-order chi connectivity index (χ0) is 21.7. The van der Waals surface area contributed by atoms with Crippen LogP contribution in [0.3, 0.4) is 0 Å². The molecule has 160 valence electrons. The number of aliphatic imine (C=N–C) groups is 1. The number of nitrogens with zero attached hydrogens (tertiary/aromatic N) is 1. The minimum Gasteiger partial charge on any atom is -0.493 e. The number of fused-ring (bicyclic) bond motifs is 1. The zero-order valence-corrected chi connectivity index (χ0v) is 17.7. The van der Waals surface area contributed by atoms with Crippen LogP contribution in [0.25, 0.3) is 0 Å². The van der Waals surface area contributed by atoms with Crippen LogP contribution >= 0.6 is 11.6 Å². The summed E-state index contributed by atoms with van der Waals surface area (Å²) in [5.74, 6) is 6.64. The second-order valence-corrected chi connectivity index (χ2v) is 6.88. The Bertz CT molecular complexity index is 950. The molecule has 8 nitrogen and oxygen atoms in total. The Morgan fingerprint density at radius 1 is 1.23 bits per heavy atom. The lowest BCUT2D eigenvalue weighted by Gasteiger charge is -2.25. The van der Waals surface area contributed by atoms with Crippen molar-refractivity contribution in [3.8, 4) is 11.5 Å². The Labute approximate surface area is 179 Å². The highest BCUT2D eigenvalue weighted by Crippen LogP contribution is 2.44. The van der Waals surface area contributed by atoms with E-state index in [9.17, 15) is 4.79 Å². The SMILES string of the molecule is CCOC(=O)C[C@@H]1O[C@@H](c2cccc(OC)c2OC)c2cc(Cl)ccc2N=C1NN. The number of carbonyl (C=O) groups excluding carboxylic acids is 1. The fraction of sp³-hybridized carbons (Fsp3) is 0.333. The number of para-hydroxylation sites is 1. The highest BCUT2D eigenvalue weighted by atomic mass is 35.5. The Hall–Kier alpha value is -2.81. The molecule has 1 heterocycles. The van der Waals surface area contributed by atoms with E-state index < -0.39 is 18.2 Å². The molecule has 0 unspecified atom stereocenters. The molecule has 2 aromatic carbocycles. The minimum atomic E-state index is -0.777. The van der Waals surface area contributed by atoms with E-state index in [4.69, 9.17) is 36.4 Å². The van der Waals surface area contributed by atoms with Crippen molar-refractivity contribution in [1.82, 2.24) is 5.43 Å². The number of nitrogens with two attached hydrogens (primary N) is 1. The van der Waals surface area contributed by atoms with E-state index in [0.717, 1.165) is 0 Å². The average Bonchev–Trinajstić information content (AvgIpc) is 2.89. The van der Waals surface area contributed by atoms with Crippen LogP contribution in [0.5, 0.6) is 11.5 Å². The summed E-state index contributed by atoms with van der Waals surface area (Å²) in [5, 5.41) is 0.519. The second-order valence-electron chi connectivity index (χ2n) is 6.44. The second kappa shape index (κ2) is 9.80. The first-order chi connectivity index (χ1) is 14.5. The van der Waals surface area contributed by atoms with Gasteiger partial charge in [-0.1, -0.05) is 23.7 Å². The van der Waals surface area contributed by atoms with Gasteiger partial charge in [-0.25, -0.2) is 10.8 Å². The van der Waals surface area contributed by atoms with E-state index in [0.29, 0.717) is 39.2 Å². The summed E-state index contributed by atoms with van der Waals surface area (Å²) in [4.78, 5) is 16.8. The molecule has 0 aliphatic carbocycles. The maximum Gasteiger partial charge on any atom is 0.308 e. The Balaban J connectivity index is 2.15. The first-order valence-corrected chi connectivity index (χ1v) is 9.76. The van der Waals surface area contributed by atoms with Crippen molar-refractivity contribution < 1.29 is 23.7 Å². The van der Waals surface area contributed by atoms with Crippen molar-refractivity contribution in [2.24, 2.45) is 10.8 Å². The lowest BCUT2D eigenvalue weighted by atomic mass is 9.98. The number of nitrogens with one attached hydrogen (secondary N) is 1. The van der Waals surface area contributed by atoms with Crippen LogP contribution in [0, 0.1) is 0 Å². The number of halogens is 1. The van der Waals surface area contributed by atoms with Gasteiger partial charge in [0.2, 0.25) is 0 Å². The van der Waals surface area contributed by atoms with Crippen LogP contribution < -0.4 is 20.7 Å². The number of methoxy groups -OCH3 is 2. The number of carbonyl (C=O) groups is 1. The van der Waals surface area contributed by atoms with Crippen molar-refractivity contribution in [2.45, 2.75) is 25.6 Å². The minimum absolute atomic E-state index is 0.0681. The normalized spacial score (nSPS) is 18.0. The summed E-state index contributed by atoms with van der Waals surface area (Å²) >= 11 is 6.27. The van der Waals surface area contributed by atoms with E-state index in [-0.39, 0.29) is 13.0 Å². The van der Waals surface area contributed by atoms with E-state index in [1.165, 1.54) is 0 Å². The van der Waals surface area contributed by atoms with E-state index in [1.54, 1.807) is 45.4 Å². The third-order valence-electron chi connectivity index (χ3n) is 4.64. The van der Waals surface area contributed by atoms with Crippen LogP contribution in [0.15, 0.2) is 41.4 Å². The molecule has 2 aromatic rings. The summed E-state index contributed by atoms with van der Waals surface area (Å²) in [6.45, 7) is 2.00. The number of hydrogen-bond donors (Lipinski definition) is 2. The van der Waals surface area contributed by atoms with Crippen molar-refractivity contribution in [2.75, 3.05) is 20.8 Å². The summed E-state index contributed by atoms with van der Waals surface area (Å²) in [6.07, 6.45) is -1.50. The van der Waals surface area contributed by atoms with Crippen LogP contribution in [-0.2, 0) is 14.3 Å². The number of benzene rings is 2. The average molecular weight is 434 g/mol. The van der Waals surface area contributed by atoms with E-state index >= 15 is 0 Å². The quantitative estimate of drug-likeness (QED) is 0.409. The number of hydrogen-bond acceptors (Lipinski definition) is 8. The van der Waals surface area contributed by atoms with Gasteiger partial charge in [-0.2, -0.15) is 0 Å². The summed E-state index contributed by atoms with van der Waals surface area (Å²) < 4.78 is 22.5. The Morgan fingerprint density at radius 3 is 2.70 bits per heavy atom. The molecule has 30 heavy (non-hydrogen) atoms. The molecule has 3 rings (SSSR count). The van der Waals surface area contributed by atoms with Gasteiger partial charge in [-0.05, 0) is 31.2 Å². The van der Waals surface area contributed by atoms with Gasteiger partial charge in [0.05, 0.1) is 32.9 Å². The van der Waals surface area contributed by atoms with Crippen molar-refractivity contribution in [1.29, 1.82) is 0 Å². The fourth-order valence-electron chi connectivity index (χ4n) is 3.34. The van der Waals surface area contributed by atoms with Gasteiger partial charge < -0.3 is 24.4 Å². The predicted molar refractivity (Wildman–Crippen MR) is 113 cm³/mol. The monoisotopic (exact) mass is 433 g/mol. The van der Waals surface area contributed by atoms with Crippen LogP contribution in [0.1, 0.15) is 30.6 Å².